The van der Waals surface area contributed by atoms with Gasteiger partial charge >= 0.3 is 0 Å². The highest BCUT2D eigenvalue weighted by molar-refractivity contribution is 6.31. The Morgan fingerprint density at radius 1 is 0.963 bits per heavy atom. The zero-order valence-electron chi connectivity index (χ0n) is 14.2. The lowest BCUT2D eigenvalue weighted by Crippen LogP contribution is -2.53. The highest BCUT2D eigenvalue weighted by atomic mass is 35.5. The summed E-state index contributed by atoms with van der Waals surface area (Å²) in [5, 5.41) is 9.09. The van der Waals surface area contributed by atoms with E-state index in [1.807, 2.05) is 30.3 Å². The number of benzene rings is 2. The van der Waals surface area contributed by atoms with Gasteiger partial charge in [-0.15, -0.1) is 0 Å². The highest BCUT2D eigenvalue weighted by Crippen LogP contribution is 2.51. The summed E-state index contributed by atoms with van der Waals surface area (Å²) in [7, 11) is 0. The lowest BCUT2D eigenvalue weighted by molar-refractivity contribution is -0.132. The minimum Gasteiger partial charge on any atom is -0.324 e. The van der Waals surface area contributed by atoms with Crippen molar-refractivity contribution in [2.24, 2.45) is 11.8 Å². The molecule has 2 fully saturated rings. The third-order valence-corrected chi connectivity index (χ3v) is 6.05. The molecule has 5 rings (SSSR count). The second-order valence-electron chi connectivity index (χ2n) is 7.25. The van der Waals surface area contributed by atoms with E-state index >= 15 is 0 Å². The molecule has 1 spiro atoms. The number of anilines is 1. The van der Waals surface area contributed by atoms with Gasteiger partial charge in [-0.1, -0.05) is 41.9 Å². The third-order valence-electron chi connectivity index (χ3n) is 5.82. The van der Waals surface area contributed by atoms with E-state index in [-0.39, 0.29) is 17.9 Å². The molecular weight excluding hydrogens is 366 g/mol. The van der Waals surface area contributed by atoms with Gasteiger partial charge < -0.3 is 5.32 Å². The van der Waals surface area contributed by atoms with Gasteiger partial charge in [0.25, 0.3) is 0 Å². The van der Waals surface area contributed by atoms with Crippen molar-refractivity contribution in [1.29, 1.82) is 0 Å². The van der Waals surface area contributed by atoms with Crippen LogP contribution in [0.4, 0.5) is 5.69 Å². The monoisotopic (exact) mass is 381 g/mol. The van der Waals surface area contributed by atoms with Crippen LogP contribution in [0.3, 0.4) is 0 Å². The Bertz CT molecular complexity index is 993. The van der Waals surface area contributed by atoms with Crippen LogP contribution >= 0.6 is 11.6 Å². The van der Waals surface area contributed by atoms with Crippen LogP contribution in [-0.4, -0.2) is 23.8 Å². The fourth-order valence-corrected chi connectivity index (χ4v) is 4.92. The van der Waals surface area contributed by atoms with E-state index in [1.54, 1.807) is 18.2 Å². The fraction of sp³-hybridized carbons (Fsp3) is 0.250. The van der Waals surface area contributed by atoms with Crippen molar-refractivity contribution in [1.82, 2.24) is 10.6 Å². The van der Waals surface area contributed by atoms with E-state index < -0.39 is 23.3 Å². The van der Waals surface area contributed by atoms with Crippen LogP contribution < -0.4 is 16.0 Å². The molecule has 27 heavy (non-hydrogen) atoms. The predicted octanol–water partition coefficient (Wildman–Crippen LogP) is 1.59. The average molecular weight is 382 g/mol. The minimum absolute atomic E-state index is 0.324. The van der Waals surface area contributed by atoms with Gasteiger partial charge in [-0.25, -0.2) is 0 Å². The van der Waals surface area contributed by atoms with Gasteiger partial charge in [0.15, 0.2) is 0 Å². The first kappa shape index (κ1) is 16.5. The maximum Gasteiger partial charge on any atom is 0.250 e. The first-order chi connectivity index (χ1) is 13.0. The predicted molar refractivity (Wildman–Crippen MR) is 99.0 cm³/mol. The fourth-order valence-electron chi connectivity index (χ4n) is 4.74. The number of imide groups is 1. The molecule has 0 aromatic heterocycles. The van der Waals surface area contributed by atoms with Crippen LogP contribution in [0, 0.1) is 11.8 Å². The molecule has 0 bridgehead atoms. The molecule has 6 nitrogen and oxygen atoms in total. The van der Waals surface area contributed by atoms with E-state index in [9.17, 15) is 14.4 Å². The lowest BCUT2D eigenvalue weighted by Gasteiger charge is -2.28. The summed E-state index contributed by atoms with van der Waals surface area (Å²) in [6.45, 7) is 0. The number of fused-ring (bicyclic) bond motifs is 4. The Hall–Kier alpha value is -2.70. The first-order valence-corrected chi connectivity index (χ1v) is 9.16. The molecule has 3 N–H and O–H groups in total. The molecule has 2 aromatic rings. The first-order valence-electron chi connectivity index (χ1n) is 8.78. The molecule has 3 amide bonds. The summed E-state index contributed by atoms with van der Waals surface area (Å²) in [5.41, 5.74) is 0.974. The van der Waals surface area contributed by atoms with E-state index in [0.717, 1.165) is 5.56 Å². The second-order valence-corrected chi connectivity index (χ2v) is 7.69. The number of halogens is 1. The van der Waals surface area contributed by atoms with Crippen LogP contribution in [0.2, 0.25) is 5.02 Å². The molecule has 0 radical (unpaired) electrons. The van der Waals surface area contributed by atoms with Crippen molar-refractivity contribution in [2.45, 2.75) is 18.0 Å². The molecular formula is C20H16ClN3O3. The summed E-state index contributed by atoms with van der Waals surface area (Å²) in [4.78, 5) is 38.3. The number of hydrogen-bond donors (Lipinski definition) is 3. The van der Waals surface area contributed by atoms with E-state index in [4.69, 9.17) is 11.6 Å². The molecule has 0 saturated carbocycles. The molecule has 0 unspecified atom stereocenters. The summed E-state index contributed by atoms with van der Waals surface area (Å²) in [5.74, 6) is -2.50. The molecule has 136 valence electrons. The van der Waals surface area contributed by atoms with E-state index in [0.29, 0.717) is 22.7 Å². The maximum absolute atomic E-state index is 13.1. The van der Waals surface area contributed by atoms with Crippen molar-refractivity contribution in [3.05, 3.63) is 64.7 Å². The van der Waals surface area contributed by atoms with Gasteiger partial charge in [-0.3, -0.25) is 25.0 Å². The highest BCUT2D eigenvalue weighted by Gasteiger charge is 2.68. The van der Waals surface area contributed by atoms with Crippen LogP contribution in [0.15, 0.2) is 48.5 Å². The van der Waals surface area contributed by atoms with Gasteiger partial charge in [0.2, 0.25) is 17.7 Å². The topological polar surface area (TPSA) is 87.3 Å². The average Bonchev–Trinajstić information content (AvgIpc) is 3.23. The van der Waals surface area contributed by atoms with Crippen LogP contribution in [-0.2, 0) is 26.3 Å². The normalized spacial score (nSPS) is 31.0. The SMILES string of the molecule is O=C1NC(=O)[C@H]2[C@H]1[C@H](Cc1ccccc1)N[C@]21C(=O)Nc2ccc(Cl)cc21. The smallest absolute Gasteiger partial charge is 0.250 e. The van der Waals surface area contributed by atoms with Gasteiger partial charge in [0, 0.05) is 22.3 Å². The van der Waals surface area contributed by atoms with Crippen molar-refractivity contribution in [3.8, 4) is 0 Å². The van der Waals surface area contributed by atoms with Crippen LogP contribution in [0.25, 0.3) is 0 Å². The Morgan fingerprint density at radius 2 is 1.74 bits per heavy atom. The van der Waals surface area contributed by atoms with Crippen molar-refractivity contribution >= 4 is 35.0 Å². The lowest BCUT2D eigenvalue weighted by atomic mass is 9.76. The summed E-state index contributed by atoms with van der Waals surface area (Å²) >= 11 is 6.17. The van der Waals surface area contributed by atoms with Gasteiger partial charge in [0.1, 0.15) is 5.54 Å². The summed E-state index contributed by atoms with van der Waals surface area (Å²) in [6.07, 6.45) is 0.535. The molecule has 7 heteroatoms. The third kappa shape index (κ3) is 2.20. The Kier molecular flexibility index (Phi) is 3.44. The van der Waals surface area contributed by atoms with Crippen molar-refractivity contribution in [2.75, 3.05) is 5.32 Å². The van der Waals surface area contributed by atoms with E-state index in [1.165, 1.54) is 0 Å². The largest absolute Gasteiger partial charge is 0.324 e. The van der Waals surface area contributed by atoms with Gasteiger partial charge in [-0.2, -0.15) is 0 Å². The molecule has 3 aliphatic heterocycles. The molecule has 4 atom stereocenters. The Balaban J connectivity index is 1.64. The molecule has 0 aliphatic carbocycles. The minimum atomic E-state index is -1.29. The van der Waals surface area contributed by atoms with Crippen molar-refractivity contribution in [3.63, 3.8) is 0 Å². The molecule has 3 heterocycles. The number of rotatable bonds is 2. The second kappa shape index (κ2) is 5.65. The van der Waals surface area contributed by atoms with Crippen LogP contribution in [0.5, 0.6) is 0 Å². The van der Waals surface area contributed by atoms with E-state index in [2.05, 4.69) is 16.0 Å². The Labute approximate surface area is 160 Å². The van der Waals surface area contributed by atoms with Gasteiger partial charge in [0.05, 0.1) is 11.8 Å². The standard InChI is InChI=1S/C20H16ClN3O3/c21-11-6-7-13-12(9-11)20(19(27)22-13)16-15(17(25)23-18(16)26)14(24-20)8-10-4-2-1-3-5-10/h1-7,9,14-16,24H,8H2,(H,22,27)(H,23,25,26)/t14-,15+,16+,20-/m0/s1. The summed E-state index contributed by atoms with van der Waals surface area (Å²) in [6, 6.07) is 14.5. The Morgan fingerprint density at radius 3 is 2.52 bits per heavy atom. The number of carbonyl (C=O) groups is 3. The molecule has 3 aliphatic rings. The molecule has 2 saturated heterocycles. The summed E-state index contributed by atoms with van der Waals surface area (Å²) < 4.78 is 0. The zero-order chi connectivity index (χ0) is 18.8. The number of amides is 3. The zero-order valence-corrected chi connectivity index (χ0v) is 14.9. The number of hydrogen-bond acceptors (Lipinski definition) is 4. The number of carbonyl (C=O) groups excluding carboxylic acids is 3. The number of nitrogens with one attached hydrogen (secondary N) is 3. The quantitative estimate of drug-likeness (QED) is 0.689. The van der Waals surface area contributed by atoms with Gasteiger partial charge in [-0.05, 0) is 30.2 Å². The maximum atomic E-state index is 13.1. The van der Waals surface area contributed by atoms with Crippen LogP contribution in [0.1, 0.15) is 11.1 Å². The molecule has 2 aromatic carbocycles. The van der Waals surface area contributed by atoms with Crippen molar-refractivity contribution < 1.29 is 14.4 Å².